The van der Waals surface area contributed by atoms with Crippen molar-refractivity contribution in [2.75, 3.05) is 13.6 Å². The molecule has 0 saturated carbocycles. The highest BCUT2D eigenvalue weighted by molar-refractivity contribution is 9.10. The summed E-state index contributed by atoms with van der Waals surface area (Å²) in [6.45, 7) is 1.16. The molecule has 0 aromatic heterocycles. The van der Waals surface area contributed by atoms with Crippen molar-refractivity contribution in [2.24, 2.45) is 4.99 Å². The maximum Gasteiger partial charge on any atom is 0.0710 e. The van der Waals surface area contributed by atoms with E-state index in [4.69, 9.17) is 0 Å². The Hall–Kier alpha value is -1.09. The SMILES string of the molecule is CN1CCCC1=C1C=Nc2ccc(Br)cc21. The van der Waals surface area contributed by atoms with E-state index in [1.54, 1.807) is 0 Å². The molecular formula is C13H13BrN2. The maximum atomic E-state index is 4.47. The van der Waals surface area contributed by atoms with E-state index >= 15 is 0 Å². The van der Waals surface area contributed by atoms with Crippen LogP contribution < -0.4 is 0 Å². The third kappa shape index (κ3) is 1.50. The van der Waals surface area contributed by atoms with Gasteiger partial charge in [0.25, 0.3) is 0 Å². The number of hydrogen-bond acceptors (Lipinski definition) is 2. The lowest BCUT2D eigenvalue weighted by Gasteiger charge is -2.15. The molecule has 0 aliphatic carbocycles. The summed E-state index contributed by atoms with van der Waals surface area (Å²) in [7, 11) is 2.17. The Morgan fingerprint density at radius 1 is 1.38 bits per heavy atom. The first kappa shape index (κ1) is 10.1. The number of hydrogen-bond donors (Lipinski definition) is 0. The molecule has 1 fully saturated rings. The summed E-state index contributed by atoms with van der Waals surface area (Å²) in [5, 5.41) is 0. The van der Waals surface area contributed by atoms with E-state index in [1.807, 2.05) is 12.3 Å². The highest BCUT2D eigenvalue weighted by Gasteiger charge is 2.22. The van der Waals surface area contributed by atoms with Crippen LogP contribution >= 0.6 is 15.9 Å². The van der Waals surface area contributed by atoms with Crippen LogP contribution in [0.5, 0.6) is 0 Å². The minimum atomic E-state index is 1.09. The fraction of sp³-hybridized carbons (Fsp3) is 0.308. The van der Waals surface area contributed by atoms with Crippen molar-refractivity contribution in [1.29, 1.82) is 0 Å². The second kappa shape index (κ2) is 3.74. The number of nitrogens with zero attached hydrogens (tertiary/aromatic N) is 2. The first-order chi connectivity index (χ1) is 7.75. The molecule has 2 aliphatic rings. The Kier molecular flexibility index (Phi) is 2.36. The van der Waals surface area contributed by atoms with Crippen molar-refractivity contribution in [3.63, 3.8) is 0 Å². The molecule has 2 heterocycles. The van der Waals surface area contributed by atoms with Gasteiger partial charge in [-0.1, -0.05) is 15.9 Å². The molecular weight excluding hydrogens is 264 g/mol. The number of rotatable bonds is 0. The van der Waals surface area contributed by atoms with Crippen molar-refractivity contribution in [3.05, 3.63) is 33.9 Å². The number of fused-ring (bicyclic) bond motifs is 1. The zero-order chi connectivity index (χ0) is 11.1. The molecule has 2 aliphatic heterocycles. The lowest BCUT2D eigenvalue weighted by molar-refractivity contribution is 0.484. The molecule has 0 spiro atoms. The van der Waals surface area contributed by atoms with Gasteiger partial charge in [-0.25, -0.2) is 0 Å². The smallest absolute Gasteiger partial charge is 0.0710 e. The van der Waals surface area contributed by atoms with Crippen LogP contribution in [0.1, 0.15) is 18.4 Å². The first-order valence-electron chi connectivity index (χ1n) is 5.54. The molecule has 3 rings (SSSR count). The van der Waals surface area contributed by atoms with Crippen molar-refractivity contribution in [1.82, 2.24) is 4.90 Å². The standard InChI is InChI=1S/C13H13BrN2/c1-16-6-2-3-13(16)11-8-15-12-5-4-9(14)7-10(11)12/h4-5,7-8H,2-3,6H2,1H3. The summed E-state index contributed by atoms with van der Waals surface area (Å²) in [5.41, 5.74) is 5.08. The zero-order valence-corrected chi connectivity index (χ0v) is 10.8. The average Bonchev–Trinajstić information content (AvgIpc) is 2.83. The Morgan fingerprint density at radius 2 is 2.25 bits per heavy atom. The summed E-state index contributed by atoms with van der Waals surface area (Å²) >= 11 is 3.52. The quantitative estimate of drug-likeness (QED) is 0.707. The molecule has 82 valence electrons. The van der Waals surface area contributed by atoms with Gasteiger partial charge in [-0.15, -0.1) is 0 Å². The number of halogens is 1. The average molecular weight is 277 g/mol. The predicted octanol–water partition coefficient (Wildman–Crippen LogP) is 3.60. The summed E-state index contributed by atoms with van der Waals surface area (Å²) in [6.07, 6.45) is 4.44. The molecule has 1 aromatic carbocycles. The van der Waals surface area contributed by atoms with Crippen LogP contribution in [0.25, 0.3) is 5.57 Å². The van der Waals surface area contributed by atoms with Gasteiger partial charge in [0.2, 0.25) is 0 Å². The lowest BCUT2D eigenvalue weighted by Crippen LogP contribution is -2.11. The lowest BCUT2D eigenvalue weighted by atomic mass is 10.0. The molecule has 1 aromatic rings. The highest BCUT2D eigenvalue weighted by Crippen LogP contribution is 2.38. The fourth-order valence-corrected chi connectivity index (χ4v) is 2.78. The monoisotopic (exact) mass is 276 g/mol. The maximum absolute atomic E-state index is 4.47. The molecule has 16 heavy (non-hydrogen) atoms. The predicted molar refractivity (Wildman–Crippen MR) is 71.1 cm³/mol. The molecule has 2 nitrogen and oxygen atoms in total. The molecule has 0 amide bonds. The number of aliphatic imine (C=N–C) groups is 1. The van der Waals surface area contributed by atoms with Gasteiger partial charge in [-0.2, -0.15) is 0 Å². The van der Waals surface area contributed by atoms with Crippen LogP contribution in [0.15, 0.2) is 33.4 Å². The number of benzene rings is 1. The zero-order valence-electron chi connectivity index (χ0n) is 9.20. The van der Waals surface area contributed by atoms with E-state index < -0.39 is 0 Å². The first-order valence-corrected chi connectivity index (χ1v) is 6.33. The van der Waals surface area contributed by atoms with E-state index in [9.17, 15) is 0 Å². The van der Waals surface area contributed by atoms with Crippen LogP contribution in [-0.2, 0) is 0 Å². The van der Waals surface area contributed by atoms with Gasteiger partial charge in [0.1, 0.15) is 0 Å². The fourth-order valence-electron chi connectivity index (χ4n) is 2.42. The Balaban J connectivity index is 2.15. The highest BCUT2D eigenvalue weighted by atomic mass is 79.9. The van der Waals surface area contributed by atoms with E-state index in [1.165, 1.54) is 29.7 Å². The number of allylic oxidation sites excluding steroid dienone is 2. The van der Waals surface area contributed by atoms with Crippen LogP contribution in [0, 0.1) is 0 Å². The van der Waals surface area contributed by atoms with E-state index in [0.717, 1.165) is 16.7 Å². The van der Waals surface area contributed by atoms with Gasteiger partial charge in [-0.05, 0) is 31.0 Å². The molecule has 0 radical (unpaired) electrons. The van der Waals surface area contributed by atoms with Crippen LogP contribution in [-0.4, -0.2) is 24.7 Å². The minimum absolute atomic E-state index is 1.09. The minimum Gasteiger partial charge on any atom is -0.377 e. The van der Waals surface area contributed by atoms with Gasteiger partial charge >= 0.3 is 0 Å². The van der Waals surface area contributed by atoms with Crippen LogP contribution in [0.3, 0.4) is 0 Å². The Morgan fingerprint density at radius 3 is 3.00 bits per heavy atom. The van der Waals surface area contributed by atoms with Crippen molar-refractivity contribution in [2.45, 2.75) is 12.8 Å². The Bertz CT molecular complexity index is 503. The second-order valence-corrected chi connectivity index (χ2v) is 5.22. The van der Waals surface area contributed by atoms with Crippen molar-refractivity contribution < 1.29 is 0 Å². The van der Waals surface area contributed by atoms with Gasteiger partial charge in [0, 0.05) is 41.1 Å². The molecule has 0 bridgehead atoms. The van der Waals surface area contributed by atoms with Crippen LogP contribution in [0.2, 0.25) is 0 Å². The topological polar surface area (TPSA) is 15.6 Å². The molecule has 1 saturated heterocycles. The summed E-state index contributed by atoms with van der Waals surface area (Å²) in [5.74, 6) is 0. The second-order valence-electron chi connectivity index (χ2n) is 4.31. The molecule has 3 heteroatoms. The largest absolute Gasteiger partial charge is 0.377 e. The van der Waals surface area contributed by atoms with E-state index in [-0.39, 0.29) is 0 Å². The van der Waals surface area contributed by atoms with Crippen LogP contribution in [0.4, 0.5) is 5.69 Å². The van der Waals surface area contributed by atoms with E-state index in [2.05, 4.69) is 45.0 Å². The van der Waals surface area contributed by atoms with Gasteiger partial charge in [0.15, 0.2) is 0 Å². The van der Waals surface area contributed by atoms with Gasteiger partial charge in [0.05, 0.1) is 5.69 Å². The summed E-state index contributed by atoms with van der Waals surface area (Å²) < 4.78 is 1.12. The molecule has 0 N–H and O–H groups in total. The summed E-state index contributed by atoms with van der Waals surface area (Å²) in [4.78, 5) is 6.82. The third-order valence-corrected chi connectivity index (χ3v) is 3.75. The van der Waals surface area contributed by atoms with E-state index in [0.29, 0.717) is 0 Å². The van der Waals surface area contributed by atoms with Crippen molar-refractivity contribution >= 4 is 33.4 Å². The molecule has 0 atom stereocenters. The Labute approximate surface area is 104 Å². The summed E-state index contributed by atoms with van der Waals surface area (Å²) in [6, 6.07) is 6.28. The number of likely N-dealkylation sites (tertiary alicyclic amines) is 1. The van der Waals surface area contributed by atoms with Gasteiger partial charge < -0.3 is 4.90 Å². The normalized spacial score (nSPS) is 23.0. The third-order valence-electron chi connectivity index (χ3n) is 3.26. The van der Waals surface area contributed by atoms with Crippen molar-refractivity contribution in [3.8, 4) is 0 Å². The van der Waals surface area contributed by atoms with Gasteiger partial charge in [-0.3, -0.25) is 4.99 Å². The molecule has 0 unspecified atom stereocenters.